The first-order valence-electron chi connectivity index (χ1n) is 3.04. The number of alkyl halides is 1. The van der Waals surface area contributed by atoms with Crippen molar-refractivity contribution in [2.24, 2.45) is 0 Å². The van der Waals surface area contributed by atoms with Crippen LogP contribution in [-0.4, -0.2) is 17.4 Å². The van der Waals surface area contributed by atoms with Crippen LogP contribution in [0.25, 0.3) is 0 Å². The van der Waals surface area contributed by atoms with Crippen molar-refractivity contribution >= 4 is 27.5 Å². The lowest BCUT2D eigenvalue weighted by Crippen LogP contribution is -2.27. The van der Waals surface area contributed by atoms with Gasteiger partial charge in [-0.2, -0.15) is 0 Å². The summed E-state index contributed by atoms with van der Waals surface area (Å²) in [6.45, 7) is 2.03. The van der Waals surface area contributed by atoms with Gasteiger partial charge in [0.05, 0.1) is 0 Å². The molecule has 0 N–H and O–H groups in total. The fraction of sp³-hybridized carbons (Fsp3) is 0.429. The minimum Gasteiger partial charge on any atom is -0.358 e. The number of hydrogen-bond acceptors (Lipinski definition) is 1. The summed E-state index contributed by atoms with van der Waals surface area (Å²) in [5.41, 5.74) is 1.15. The highest BCUT2D eigenvalue weighted by Crippen LogP contribution is 2.26. The van der Waals surface area contributed by atoms with E-state index in [2.05, 4.69) is 15.9 Å². The van der Waals surface area contributed by atoms with Gasteiger partial charge in [-0.3, -0.25) is 0 Å². The van der Waals surface area contributed by atoms with Crippen molar-refractivity contribution in [3.05, 3.63) is 22.3 Å². The third-order valence-electron chi connectivity index (χ3n) is 1.61. The second kappa shape index (κ2) is 2.97. The molecule has 0 aromatic rings. The van der Waals surface area contributed by atoms with Crippen LogP contribution in [0.1, 0.15) is 6.92 Å². The summed E-state index contributed by atoms with van der Waals surface area (Å²) in [6, 6.07) is 0. The standard InChI is InChI=1S/C7H9BrClN/c1-5-3-4-6(8)7(9)10(5)2/h3-4,7H,1-2H3. The van der Waals surface area contributed by atoms with E-state index in [9.17, 15) is 0 Å². The molecule has 1 aliphatic rings. The second-order valence-electron chi connectivity index (χ2n) is 2.31. The third-order valence-corrected chi connectivity index (χ3v) is 3.10. The first kappa shape index (κ1) is 8.15. The van der Waals surface area contributed by atoms with Gasteiger partial charge in [-0.25, -0.2) is 0 Å². The van der Waals surface area contributed by atoms with Crippen LogP contribution in [0.2, 0.25) is 0 Å². The van der Waals surface area contributed by atoms with Gasteiger partial charge < -0.3 is 4.90 Å². The number of hydrogen-bond donors (Lipinski definition) is 0. The monoisotopic (exact) mass is 221 g/mol. The Morgan fingerprint density at radius 1 is 1.60 bits per heavy atom. The van der Waals surface area contributed by atoms with Gasteiger partial charge in [0.25, 0.3) is 0 Å². The summed E-state index contributed by atoms with van der Waals surface area (Å²) < 4.78 is 1.02. The van der Waals surface area contributed by atoms with Crippen LogP contribution in [-0.2, 0) is 0 Å². The summed E-state index contributed by atoms with van der Waals surface area (Å²) in [5, 5.41) is 0. The second-order valence-corrected chi connectivity index (χ2v) is 3.64. The van der Waals surface area contributed by atoms with Crippen LogP contribution in [0.3, 0.4) is 0 Å². The molecule has 1 nitrogen and oxygen atoms in total. The van der Waals surface area contributed by atoms with E-state index in [0.717, 1.165) is 4.48 Å². The van der Waals surface area contributed by atoms with Crippen LogP contribution >= 0.6 is 27.5 Å². The Morgan fingerprint density at radius 2 is 2.20 bits per heavy atom. The van der Waals surface area contributed by atoms with E-state index in [0.29, 0.717) is 0 Å². The van der Waals surface area contributed by atoms with E-state index in [4.69, 9.17) is 11.6 Å². The van der Waals surface area contributed by atoms with Crippen LogP contribution in [0.5, 0.6) is 0 Å². The Morgan fingerprint density at radius 3 is 2.70 bits per heavy atom. The number of nitrogens with zero attached hydrogens (tertiary/aromatic N) is 1. The lowest BCUT2D eigenvalue weighted by atomic mass is 10.3. The van der Waals surface area contributed by atoms with Gasteiger partial charge in [-0.1, -0.05) is 27.5 Å². The average molecular weight is 223 g/mol. The molecular weight excluding hydrogens is 213 g/mol. The van der Waals surface area contributed by atoms with Crippen LogP contribution < -0.4 is 0 Å². The largest absolute Gasteiger partial charge is 0.358 e. The van der Waals surface area contributed by atoms with Crippen molar-refractivity contribution in [3.8, 4) is 0 Å². The molecule has 10 heavy (non-hydrogen) atoms. The molecule has 0 saturated heterocycles. The highest BCUT2D eigenvalue weighted by atomic mass is 79.9. The number of allylic oxidation sites excluding steroid dienone is 3. The topological polar surface area (TPSA) is 3.24 Å². The predicted octanol–water partition coefficient (Wildman–Crippen LogP) is 2.68. The summed E-state index contributed by atoms with van der Waals surface area (Å²) in [6.07, 6.45) is 4.01. The Balaban J connectivity index is 2.86. The Labute approximate surface area is 74.5 Å². The van der Waals surface area contributed by atoms with E-state index in [1.807, 2.05) is 31.0 Å². The maximum Gasteiger partial charge on any atom is 0.135 e. The van der Waals surface area contributed by atoms with Crippen LogP contribution in [0.4, 0.5) is 0 Å². The molecule has 56 valence electrons. The van der Waals surface area contributed by atoms with Crippen molar-refractivity contribution in [2.75, 3.05) is 7.05 Å². The first-order valence-corrected chi connectivity index (χ1v) is 4.27. The molecule has 0 aromatic carbocycles. The predicted molar refractivity (Wildman–Crippen MR) is 48.2 cm³/mol. The molecule has 0 amide bonds. The number of likely N-dealkylation sites (N-methyl/N-ethyl adjacent to an activating group) is 1. The van der Waals surface area contributed by atoms with Gasteiger partial charge in [-0.05, 0) is 19.1 Å². The number of halogens is 2. The van der Waals surface area contributed by atoms with Crippen molar-refractivity contribution in [2.45, 2.75) is 12.4 Å². The molecule has 1 unspecified atom stereocenters. The lowest BCUT2D eigenvalue weighted by molar-refractivity contribution is 0.423. The molecule has 3 heteroatoms. The molecule has 0 bridgehead atoms. The maximum absolute atomic E-state index is 5.98. The van der Waals surface area contributed by atoms with Crippen molar-refractivity contribution in [3.63, 3.8) is 0 Å². The minimum atomic E-state index is -0.0370. The molecule has 1 atom stereocenters. The summed E-state index contributed by atoms with van der Waals surface area (Å²) in [4.78, 5) is 2.01. The Hall–Kier alpha value is 0.0500. The van der Waals surface area contributed by atoms with Crippen molar-refractivity contribution in [1.82, 2.24) is 4.90 Å². The molecular formula is C7H9BrClN. The van der Waals surface area contributed by atoms with Gasteiger partial charge in [0.2, 0.25) is 0 Å². The highest BCUT2D eigenvalue weighted by molar-refractivity contribution is 9.11. The SMILES string of the molecule is CC1=CC=C(Br)C(Cl)N1C. The summed E-state index contributed by atoms with van der Waals surface area (Å²) in [5.74, 6) is 0. The fourth-order valence-corrected chi connectivity index (χ4v) is 1.43. The smallest absolute Gasteiger partial charge is 0.135 e. The van der Waals surface area contributed by atoms with Gasteiger partial charge in [0, 0.05) is 17.2 Å². The van der Waals surface area contributed by atoms with Gasteiger partial charge >= 0.3 is 0 Å². The molecule has 0 aliphatic carbocycles. The van der Waals surface area contributed by atoms with E-state index in [-0.39, 0.29) is 5.50 Å². The molecule has 0 radical (unpaired) electrons. The zero-order chi connectivity index (χ0) is 7.72. The molecule has 1 heterocycles. The third kappa shape index (κ3) is 1.38. The van der Waals surface area contributed by atoms with Crippen LogP contribution in [0.15, 0.2) is 22.3 Å². The highest BCUT2D eigenvalue weighted by Gasteiger charge is 2.16. The Bertz CT molecular complexity index is 176. The molecule has 0 spiro atoms. The molecule has 0 saturated carbocycles. The fourth-order valence-electron chi connectivity index (χ4n) is 0.761. The zero-order valence-electron chi connectivity index (χ0n) is 5.94. The summed E-state index contributed by atoms with van der Waals surface area (Å²) in [7, 11) is 1.97. The molecule has 1 aliphatic heterocycles. The van der Waals surface area contributed by atoms with E-state index in [1.54, 1.807) is 0 Å². The number of rotatable bonds is 0. The zero-order valence-corrected chi connectivity index (χ0v) is 8.28. The lowest BCUT2D eigenvalue weighted by Gasteiger charge is -2.28. The van der Waals surface area contributed by atoms with Gasteiger partial charge in [0.1, 0.15) is 5.50 Å². The maximum atomic E-state index is 5.98. The van der Waals surface area contributed by atoms with E-state index in [1.165, 1.54) is 5.70 Å². The quantitative estimate of drug-likeness (QED) is 0.450. The molecule has 0 aromatic heterocycles. The van der Waals surface area contributed by atoms with Crippen molar-refractivity contribution < 1.29 is 0 Å². The Kier molecular flexibility index (Phi) is 2.42. The first-order chi connectivity index (χ1) is 4.63. The van der Waals surface area contributed by atoms with E-state index < -0.39 is 0 Å². The van der Waals surface area contributed by atoms with E-state index >= 15 is 0 Å². The minimum absolute atomic E-state index is 0.0370. The van der Waals surface area contributed by atoms with Crippen molar-refractivity contribution in [1.29, 1.82) is 0 Å². The molecule has 0 fully saturated rings. The van der Waals surface area contributed by atoms with Gasteiger partial charge in [-0.15, -0.1) is 0 Å². The van der Waals surface area contributed by atoms with Gasteiger partial charge in [0.15, 0.2) is 0 Å². The average Bonchev–Trinajstić information content (AvgIpc) is 1.93. The summed E-state index contributed by atoms with van der Waals surface area (Å²) >= 11 is 9.35. The molecule has 1 rings (SSSR count). The van der Waals surface area contributed by atoms with Crippen LogP contribution in [0, 0.1) is 0 Å². The normalized spacial score (nSPS) is 26.0.